The molecule has 4 rings (SSSR count). The van der Waals surface area contributed by atoms with Gasteiger partial charge in [0.2, 0.25) is 11.8 Å². The smallest absolute Gasteiger partial charge is 0.248 e. The van der Waals surface area contributed by atoms with Crippen molar-refractivity contribution in [3.8, 4) is 0 Å². The normalized spacial score (nSPS) is 24.7. The minimum atomic E-state index is -0.374. The number of nitrogens with two attached hydrogens (primary N) is 1. The Kier molecular flexibility index (Phi) is 6.13. The topological polar surface area (TPSA) is 75.4 Å². The van der Waals surface area contributed by atoms with Crippen LogP contribution in [-0.4, -0.2) is 41.9 Å². The number of carbonyl (C=O) groups excluding carboxylic acids is 2. The molecule has 1 heterocycles. The number of rotatable bonds is 6. The molecule has 0 bridgehead atoms. The molecule has 0 saturated carbocycles. The van der Waals surface area contributed by atoms with Gasteiger partial charge in [0.15, 0.2) is 0 Å². The van der Waals surface area contributed by atoms with Crippen LogP contribution in [0.15, 0.2) is 48.5 Å². The SMILES string of the molecule is CC(=O)NC1(CCN2CC[C@](C)(c3cccc(C(N)=O)c3)[C@H](C)C2)Cc2ccccc2C1. The maximum Gasteiger partial charge on any atom is 0.248 e. The van der Waals surface area contributed by atoms with E-state index >= 15 is 0 Å². The molecule has 2 aromatic carbocycles. The quantitative estimate of drug-likeness (QED) is 0.733. The summed E-state index contributed by atoms with van der Waals surface area (Å²) in [7, 11) is 0. The first-order chi connectivity index (χ1) is 15.2. The number of piperidine rings is 1. The Morgan fingerprint density at radius 1 is 1.12 bits per heavy atom. The summed E-state index contributed by atoms with van der Waals surface area (Å²) in [6, 6.07) is 16.4. The van der Waals surface area contributed by atoms with Crippen LogP contribution in [0.5, 0.6) is 0 Å². The third kappa shape index (κ3) is 4.44. The second-order valence-corrected chi connectivity index (χ2v) is 10.1. The first-order valence-electron chi connectivity index (χ1n) is 11.7. The molecule has 0 aromatic heterocycles. The fraction of sp³-hybridized carbons (Fsp3) is 0.481. The van der Waals surface area contributed by atoms with E-state index in [2.05, 4.69) is 54.4 Å². The summed E-state index contributed by atoms with van der Waals surface area (Å²) in [6.07, 6.45) is 3.79. The molecule has 0 radical (unpaired) electrons. The largest absolute Gasteiger partial charge is 0.366 e. The second-order valence-electron chi connectivity index (χ2n) is 10.1. The van der Waals surface area contributed by atoms with Crippen LogP contribution < -0.4 is 11.1 Å². The molecule has 2 atom stereocenters. The molecule has 2 aromatic rings. The summed E-state index contributed by atoms with van der Waals surface area (Å²) < 4.78 is 0. The van der Waals surface area contributed by atoms with E-state index in [0.717, 1.165) is 45.3 Å². The van der Waals surface area contributed by atoms with Crippen LogP contribution in [-0.2, 0) is 23.1 Å². The molecule has 170 valence electrons. The molecular weight excluding hydrogens is 398 g/mol. The van der Waals surface area contributed by atoms with Crippen molar-refractivity contribution in [2.75, 3.05) is 19.6 Å². The van der Waals surface area contributed by atoms with Crippen molar-refractivity contribution in [3.63, 3.8) is 0 Å². The molecule has 1 fully saturated rings. The van der Waals surface area contributed by atoms with Crippen molar-refractivity contribution in [1.29, 1.82) is 0 Å². The summed E-state index contributed by atoms with van der Waals surface area (Å²) >= 11 is 0. The number of nitrogens with zero attached hydrogens (tertiary/aromatic N) is 1. The minimum absolute atomic E-state index is 0.0148. The number of hydrogen-bond acceptors (Lipinski definition) is 3. The van der Waals surface area contributed by atoms with Crippen LogP contribution in [0.25, 0.3) is 0 Å². The average molecular weight is 434 g/mol. The van der Waals surface area contributed by atoms with Gasteiger partial charge in [0.1, 0.15) is 0 Å². The zero-order chi connectivity index (χ0) is 22.9. The van der Waals surface area contributed by atoms with E-state index in [1.54, 1.807) is 13.0 Å². The Labute approximate surface area is 191 Å². The highest BCUT2D eigenvalue weighted by Crippen LogP contribution is 2.40. The summed E-state index contributed by atoms with van der Waals surface area (Å²) in [5, 5.41) is 3.30. The van der Waals surface area contributed by atoms with Crippen molar-refractivity contribution in [2.45, 2.75) is 57.4 Å². The zero-order valence-electron chi connectivity index (χ0n) is 19.5. The number of carbonyl (C=O) groups is 2. The van der Waals surface area contributed by atoms with Gasteiger partial charge < -0.3 is 16.0 Å². The van der Waals surface area contributed by atoms with Gasteiger partial charge in [0.05, 0.1) is 0 Å². The monoisotopic (exact) mass is 433 g/mol. The van der Waals surface area contributed by atoms with Gasteiger partial charge in [-0.2, -0.15) is 0 Å². The van der Waals surface area contributed by atoms with Gasteiger partial charge in [-0.25, -0.2) is 0 Å². The Hall–Kier alpha value is -2.66. The van der Waals surface area contributed by atoms with Crippen LogP contribution in [0.2, 0.25) is 0 Å². The van der Waals surface area contributed by atoms with E-state index < -0.39 is 0 Å². The van der Waals surface area contributed by atoms with E-state index in [9.17, 15) is 9.59 Å². The van der Waals surface area contributed by atoms with Gasteiger partial charge in [-0.1, -0.05) is 50.2 Å². The fourth-order valence-electron chi connectivity index (χ4n) is 5.74. The number of hydrogen-bond donors (Lipinski definition) is 2. The van der Waals surface area contributed by atoms with Crippen molar-refractivity contribution in [2.24, 2.45) is 11.7 Å². The molecule has 5 nitrogen and oxygen atoms in total. The highest BCUT2D eigenvalue weighted by atomic mass is 16.1. The highest BCUT2D eigenvalue weighted by molar-refractivity contribution is 5.93. The van der Waals surface area contributed by atoms with Crippen LogP contribution in [0, 0.1) is 5.92 Å². The van der Waals surface area contributed by atoms with E-state index in [4.69, 9.17) is 5.73 Å². The Morgan fingerprint density at radius 2 is 1.81 bits per heavy atom. The number of benzene rings is 2. The Balaban J connectivity index is 1.43. The summed E-state index contributed by atoms with van der Waals surface area (Å²) in [4.78, 5) is 26.2. The lowest BCUT2D eigenvalue weighted by Crippen LogP contribution is -2.53. The van der Waals surface area contributed by atoms with Gasteiger partial charge in [0.25, 0.3) is 0 Å². The molecule has 1 saturated heterocycles. The highest BCUT2D eigenvalue weighted by Gasteiger charge is 2.41. The van der Waals surface area contributed by atoms with Gasteiger partial charge in [-0.15, -0.1) is 0 Å². The van der Waals surface area contributed by atoms with Gasteiger partial charge >= 0.3 is 0 Å². The fourth-order valence-corrected chi connectivity index (χ4v) is 5.74. The van der Waals surface area contributed by atoms with Crippen LogP contribution in [0.3, 0.4) is 0 Å². The second kappa shape index (κ2) is 8.70. The summed E-state index contributed by atoms with van der Waals surface area (Å²) in [5.74, 6) is 0.116. The third-order valence-electron chi connectivity index (χ3n) is 7.90. The number of fused-ring (bicyclic) bond motifs is 1. The molecule has 32 heavy (non-hydrogen) atoms. The standard InChI is InChI=1S/C27H35N3O2/c1-19-18-30(13-11-26(19,3)24-10-6-9-21(15-24)25(28)32)14-12-27(29-20(2)31)16-22-7-4-5-8-23(22)17-27/h4-10,15,19H,11-14,16-18H2,1-3H3,(H2,28,32)(H,29,31)/t19-,26+/m1/s1. The van der Waals surface area contributed by atoms with Gasteiger partial charge in [-0.05, 0) is 72.4 Å². The summed E-state index contributed by atoms with van der Waals surface area (Å²) in [6.45, 7) is 9.21. The summed E-state index contributed by atoms with van der Waals surface area (Å²) in [5.41, 5.74) is 9.83. The van der Waals surface area contributed by atoms with Crippen LogP contribution >= 0.6 is 0 Å². The van der Waals surface area contributed by atoms with Crippen molar-refractivity contribution in [3.05, 3.63) is 70.8 Å². The number of nitrogens with one attached hydrogen (secondary N) is 1. The average Bonchev–Trinajstić information content (AvgIpc) is 3.12. The maximum atomic E-state index is 12.0. The molecule has 2 amide bonds. The Bertz CT molecular complexity index is 992. The van der Waals surface area contributed by atoms with E-state index in [0.29, 0.717) is 11.5 Å². The zero-order valence-corrected chi connectivity index (χ0v) is 19.5. The number of likely N-dealkylation sites (tertiary alicyclic amines) is 1. The van der Waals surface area contributed by atoms with Crippen molar-refractivity contribution < 1.29 is 9.59 Å². The molecule has 3 N–H and O–H groups in total. The van der Waals surface area contributed by atoms with Gasteiger partial charge in [0, 0.05) is 31.1 Å². The first kappa shape index (κ1) is 22.5. The third-order valence-corrected chi connectivity index (χ3v) is 7.90. The molecule has 1 aliphatic heterocycles. The van der Waals surface area contributed by atoms with Crippen molar-refractivity contribution >= 4 is 11.8 Å². The molecule has 5 heteroatoms. The van der Waals surface area contributed by atoms with E-state index in [1.807, 2.05) is 12.1 Å². The lowest BCUT2D eigenvalue weighted by molar-refractivity contribution is -0.121. The maximum absolute atomic E-state index is 12.0. The first-order valence-corrected chi connectivity index (χ1v) is 11.7. The number of primary amides is 1. The molecule has 1 aliphatic carbocycles. The lowest BCUT2D eigenvalue weighted by atomic mass is 9.67. The van der Waals surface area contributed by atoms with Crippen molar-refractivity contribution in [1.82, 2.24) is 10.2 Å². The molecule has 0 unspecified atom stereocenters. The van der Waals surface area contributed by atoms with Gasteiger partial charge in [-0.3, -0.25) is 9.59 Å². The van der Waals surface area contributed by atoms with E-state index in [-0.39, 0.29) is 22.8 Å². The lowest BCUT2D eigenvalue weighted by Gasteiger charge is -2.46. The molecular formula is C27H35N3O2. The predicted octanol–water partition coefficient (Wildman–Crippen LogP) is 3.45. The number of amides is 2. The molecule has 2 aliphatic rings. The Morgan fingerprint density at radius 3 is 2.41 bits per heavy atom. The van der Waals surface area contributed by atoms with Crippen LogP contribution in [0.4, 0.5) is 0 Å². The predicted molar refractivity (Wildman–Crippen MR) is 128 cm³/mol. The minimum Gasteiger partial charge on any atom is -0.366 e. The van der Waals surface area contributed by atoms with Crippen LogP contribution in [0.1, 0.15) is 60.7 Å². The van der Waals surface area contributed by atoms with E-state index in [1.165, 1.54) is 16.7 Å². The molecule has 0 spiro atoms.